The van der Waals surface area contributed by atoms with Crippen LogP contribution in [-0.2, 0) is 14.4 Å². The van der Waals surface area contributed by atoms with E-state index in [9.17, 15) is 14.4 Å². The lowest BCUT2D eigenvalue weighted by molar-refractivity contribution is -0.129. The number of nitrogens with one attached hydrogen (secondary N) is 3. The minimum Gasteiger partial charge on any atom is -0.356 e. The third-order valence-corrected chi connectivity index (χ3v) is 2.62. The van der Waals surface area contributed by atoms with E-state index in [1.54, 1.807) is 0 Å². The monoisotopic (exact) mass is 242 g/mol. The summed E-state index contributed by atoms with van der Waals surface area (Å²) in [5.41, 5.74) is 9.75. The van der Waals surface area contributed by atoms with Crippen LogP contribution in [0.15, 0.2) is 0 Å². The molecule has 1 fully saturated rings. The molecule has 0 aliphatic carbocycles. The van der Waals surface area contributed by atoms with Crippen LogP contribution in [-0.4, -0.2) is 30.3 Å². The molecule has 96 valence electrons. The lowest BCUT2D eigenvalue weighted by Crippen LogP contribution is -2.48. The Labute approximate surface area is 99.5 Å². The molecule has 0 radical (unpaired) electrons. The molecule has 0 saturated carbocycles. The summed E-state index contributed by atoms with van der Waals surface area (Å²) in [5, 5.41) is 2.70. The topological polar surface area (TPSA) is 113 Å². The molecule has 1 aliphatic rings. The minimum absolute atomic E-state index is 0.00239. The molecule has 0 bridgehead atoms. The molecule has 0 aromatic carbocycles. The lowest BCUT2D eigenvalue weighted by Gasteiger charge is -2.10. The third kappa shape index (κ3) is 4.39. The summed E-state index contributed by atoms with van der Waals surface area (Å²) in [6, 6.07) is -0.670. The smallest absolute Gasteiger partial charge is 0.254 e. The molecule has 0 aromatic heterocycles. The SMILES string of the molecule is C[C@H](N)C(=O)NNC(=O)CCC1CCNC1=O. The summed E-state index contributed by atoms with van der Waals surface area (Å²) in [6.07, 6.45) is 1.46. The van der Waals surface area contributed by atoms with Crippen LogP contribution < -0.4 is 21.9 Å². The highest BCUT2D eigenvalue weighted by atomic mass is 16.2. The molecule has 3 amide bonds. The Morgan fingerprint density at radius 2 is 2.24 bits per heavy atom. The maximum atomic E-state index is 11.3. The van der Waals surface area contributed by atoms with Crippen molar-refractivity contribution in [3.05, 3.63) is 0 Å². The van der Waals surface area contributed by atoms with Crippen molar-refractivity contribution in [1.82, 2.24) is 16.2 Å². The second-order valence-electron chi connectivity index (χ2n) is 4.14. The molecule has 7 nitrogen and oxygen atoms in total. The Morgan fingerprint density at radius 1 is 1.53 bits per heavy atom. The van der Waals surface area contributed by atoms with E-state index in [0.29, 0.717) is 13.0 Å². The summed E-state index contributed by atoms with van der Waals surface area (Å²) < 4.78 is 0. The molecule has 1 saturated heterocycles. The van der Waals surface area contributed by atoms with E-state index in [1.807, 2.05) is 0 Å². The predicted octanol–water partition coefficient (Wildman–Crippen LogP) is -1.60. The molecule has 17 heavy (non-hydrogen) atoms. The number of hydrazine groups is 1. The Bertz CT molecular complexity index is 317. The quantitative estimate of drug-likeness (QED) is 0.444. The van der Waals surface area contributed by atoms with Gasteiger partial charge in [-0.05, 0) is 19.8 Å². The average molecular weight is 242 g/mol. The average Bonchev–Trinajstić information content (AvgIpc) is 2.68. The van der Waals surface area contributed by atoms with Gasteiger partial charge in [-0.2, -0.15) is 0 Å². The van der Waals surface area contributed by atoms with Gasteiger partial charge in [0, 0.05) is 18.9 Å². The second kappa shape index (κ2) is 6.19. The van der Waals surface area contributed by atoms with Crippen LogP contribution in [0.25, 0.3) is 0 Å². The Kier molecular flexibility index (Phi) is 4.89. The standard InChI is InChI=1S/C10H18N4O3/c1-6(11)9(16)14-13-8(15)3-2-7-4-5-12-10(7)17/h6-7H,2-5,11H2,1H3,(H,12,17)(H,13,15)(H,14,16)/t6-,7?/m0/s1. The highest BCUT2D eigenvalue weighted by Gasteiger charge is 2.24. The van der Waals surface area contributed by atoms with Gasteiger partial charge >= 0.3 is 0 Å². The number of carbonyl (C=O) groups excluding carboxylic acids is 3. The van der Waals surface area contributed by atoms with Crippen molar-refractivity contribution in [1.29, 1.82) is 0 Å². The number of nitrogens with two attached hydrogens (primary N) is 1. The largest absolute Gasteiger partial charge is 0.356 e. The molecule has 1 rings (SSSR count). The van der Waals surface area contributed by atoms with Gasteiger partial charge < -0.3 is 11.1 Å². The van der Waals surface area contributed by atoms with Crippen LogP contribution in [0.5, 0.6) is 0 Å². The van der Waals surface area contributed by atoms with Crippen molar-refractivity contribution < 1.29 is 14.4 Å². The van der Waals surface area contributed by atoms with E-state index >= 15 is 0 Å². The van der Waals surface area contributed by atoms with Crippen LogP contribution in [0.3, 0.4) is 0 Å². The van der Waals surface area contributed by atoms with E-state index in [2.05, 4.69) is 16.2 Å². The van der Waals surface area contributed by atoms with Crippen LogP contribution in [0, 0.1) is 5.92 Å². The maximum Gasteiger partial charge on any atom is 0.254 e. The highest BCUT2D eigenvalue weighted by Crippen LogP contribution is 2.15. The Hall–Kier alpha value is -1.63. The van der Waals surface area contributed by atoms with Crippen molar-refractivity contribution in [2.45, 2.75) is 32.2 Å². The van der Waals surface area contributed by atoms with Gasteiger partial charge in [-0.3, -0.25) is 25.2 Å². The van der Waals surface area contributed by atoms with E-state index in [0.717, 1.165) is 6.42 Å². The van der Waals surface area contributed by atoms with Crippen molar-refractivity contribution >= 4 is 17.7 Å². The molecule has 0 spiro atoms. The molecular weight excluding hydrogens is 224 g/mol. The first-order valence-electron chi connectivity index (χ1n) is 5.62. The first kappa shape index (κ1) is 13.4. The zero-order valence-corrected chi connectivity index (χ0v) is 9.79. The van der Waals surface area contributed by atoms with Crippen molar-refractivity contribution in [3.8, 4) is 0 Å². The van der Waals surface area contributed by atoms with Crippen molar-refractivity contribution in [2.24, 2.45) is 11.7 Å². The van der Waals surface area contributed by atoms with Crippen LogP contribution in [0.1, 0.15) is 26.2 Å². The van der Waals surface area contributed by atoms with Crippen LogP contribution in [0.4, 0.5) is 0 Å². The first-order chi connectivity index (χ1) is 8.00. The van der Waals surface area contributed by atoms with E-state index in [-0.39, 0.29) is 24.2 Å². The third-order valence-electron chi connectivity index (χ3n) is 2.62. The summed E-state index contributed by atoms with van der Waals surface area (Å²) in [5.74, 6) is -0.863. The zero-order chi connectivity index (χ0) is 12.8. The second-order valence-corrected chi connectivity index (χ2v) is 4.14. The Morgan fingerprint density at radius 3 is 2.76 bits per heavy atom. The van der Waals surface area contributed by atoms with Crippen molar-refractivity contribution in [3.63, 3.8) is 0 Å². The summed E-state index contributed by atoms with van der Waals surface area (Å²) >= 11 is 0. The fourth-order valence-corrected chi connectivity index (χ4v) is 1.53. The van der Waals surface area contributed by atoms with Gasteiger partial charge in [0.15, 0.2) is 0 Å². The fraction of sp³-hybridized carbons (Fsp3) is 0.700. The fourth-order valence-electron chi connectivity index (χ4n) is 1.53. The van der Waals surface area contributed by atoms with Gasteiger partial charge in [0.05, 0.1) is 6.04 Å². The number of carbonyl (C=O) groups is 3. The number of rotatable bonds is 4. The molecular formula is C10H18N4O3. The molecule has 1 unspecified atom stereocenters. The van der Waals surface area contributed by atoms with Gasteiger partial charge in [0.1, 0.15) is 0 Å². The van der Waals surface area contributed by atoms with Crippen molar-refractivity contribution in [2.75, 3.05) is 6.54 Å². The first-order valence-corrected chi connectivity index (χ1v) is 5.62. The predicted molar refractivity (Wildman–Crippen MR) is 60.3 cm³/mol. The van der Waals surface area contributed by atoms with E-state index in [4.69, 9.17) is 5.73 Å². The van der Waals surface area contributed by atoms with E-state index in [1.165, 1.54) is 6.92 Å². The molecule has 1 aliphatic heterocycles. The zero-order valence-electron chi connectivity index (χ0n) is 9.79. The maximum absolute atomic E-state index is 11.3. The van der Waals surface area contributed by atoms with Gasteiger partial charge in [-0.1, -0.05) is 0 Å². The van der Waals surface area contributed by atoms with Gasteiger partial charge in [0.25, 0.3) is 5.91 Å². The number of hydrogen-bond donors (Lipinski definition) is 4. The molecule has 7 heteroatoms. The molecule has 0 aromatic rings. The summed E-state index contributed by atoms with van der Waals surface area (Å²) in [6.45, 7) is 2.19. The summed E-state index contributed by atoms with van der Waals surface area (Å²) in [7, 11) is 0. The van der Waals surface area contributed by atoms with Crippen LogP contribution >= 0.6 is 0 Å². The summed E-state index contributed by atoms with van der Waals surface area (Å²) in [4.78, 5) is 33.6. The normalized spacial score (nSPS) is 20.6. The Balaban J connectivity index is 2.17. The van der Waals surface area contributed by atoms with Crippen LogP contribution in [0.2, 0.25) is 0 Å². The van der Waals surface area contributed by atoms with Gasteiger partial charge in [0.2, 0.25) is 11.8 Å². The van der Waals surface area contributed by atoms with Gasteiger partial charge in [-0.15, -0.1) is 0 Å². The number of hydrogen-bond acceptors (Lipinski definition) is 4. The number of amides is 3. The molecule has 1 heterocycles. The highest BCUT2D eigenvalue weighted by molar-refractivity contribution is 5.85. The minimum atomic E-state index is -0.670. The lowest BCUT2D eigenvalue weighted by atomic mass is 10.0. The van der Waals surface area contributed by atoms with E-state index < -0.39 is 11.9 Å². The van der Waals surface area contributed by atoms with Gasteiger partial charge in [-0.25, -0.2) is 0 Å². The molecule has 2 atom stereocenters. The molecule has 5 N–H and O–H groups in total.